The average Bonchev–Trinajstić information content (AvgIpc) is 3.21. The Labute approximate surface area is 151 Å². The van der Waals surface area contributed by atoms with Gasteiger partial charge in [-0.15, -0.1) is 5.10 Å². The van der Waals surface area contributed by atoms with Crippen molar-refractivity contribution in [2.45, 2.75) is 52.5 Å². The van der Waals surface area contributed by atoms with Crippen LogP contribution in [-0.2, 0) is 11.2 Å². The van der Waals surface area contributed by atoms with Crippen molar-refractivity contribution in [3.63, 3.8) is 0 Å². The SMILES string of the molecule is Cc1cc(C)n2nc(CC(=O)N3CCCC[C@@H]3c3cc(C)on3)nc2n1. The van der Waals surface area contributed by atoms with Gasteiger partial charge in [0.1, 0.15) is 11.5 Å². The van der Waals surface area contributed by atoms with Gasteiger partial charge in [0.2, 0.25) is 5.91 Å². The summed E-state index contributed by atoms with van der Waals surface area (Å²) in [5.74, 6) is 1.81. The standard InChI is InChI=1S/C18H22N6O2/c1-11-8-12(2)24-18(19-11)20-16(21-24)10-17(25)23-7-5-4-6-15(23)14-9-13(3)26-22-14/h8-9,15H,4-7,10H2,1-3H3/t15-/m1/s1. The van der Waals surface area contributed by atoms with E-state index in [0.717, 1.165) is 48.6 Å². The third-order valence-corrected chi connectivity index (χ3v) is 4.78. The first-order chi connectivity index (χ1) is 12.5. The highest BCUT2D eigenvalue weighted by molar-refractivity contribution is 5.78. The highest BCUT2D eigenvalue weighted by atomic mass is 16.5. The molecule has 1 amide bonds. The van der Waals surface area contributed by atoms with Crippen LogP contribution in [-0.4, -0.2) is 42.1 Å². The Morgan fingerprint density at radius 3 is 2.85 bits per heavy atom. The van der Waals surface area contributed by atoms with Crippen LogP contribution in [0.1, 0.15) is 54.0 Å². The molecule has 0 spiro atoms. The van der Waals surface area contributed by atoms with E-state index in [1.165, 1.54) is 0 Å². The van der Waals surface area contributed by atoms with Crippen LogP contribution >= 0.6 is 0 Å². The lowest BCUT2D eigenvalue weighted by atomic mass is 9.98. The molecule has 0 aromatic carbocycles. The molecule has 136 valence electrons. The fourth-order valence-electron chi connectivity index (χ4n) is 3.60. The Morgan fingerprint density at radius 1 is 1.23 bits per heavy atom. The van der Waals surface area contributed by atoms with Gasteiger partial charge in [0.05, 0.1) is 12.5 Å². The number of hydrogen-bond acceptors (Lipinski definition) is 6. The molecule has 4 rings (SSSR count). The number of aromatic nitrogens is 5. The summed E-state index contributed by atoms with van der Waals surface area (Å²) >= 11 is 0. The molecule has 3 aromatic rings. The van der Waals surface area contributed by atoms with Crippen molar-refractivity contribution < 1.29 is 9.32 Å². The molecule has 1 atom stereocenters. The van der Waals surface area contributed by atoms with Crippen LogP contribution < -0.4 is 0 Å². The van der Waals surface area contributed by atoms with E-state index in [-0.39, 0.29) is 18.4 Å². The number of rotatable bonds is 3. The fourth-order valence-corrected chi connectivity index (χ4v) is 3.60. The minimum Gasteiger partial charge on any atom is -0.361 e. The molecule has 0 aliphatic carbocycles. The number of aryl methyl sites for hydroxylation is 3. The molecule has 1 saturated heterocycles. The number of piperidine rings is 1. The lowest BCUT2D eigenvalue weighted by molar-refractivity contribution is -0.134. The van der Waals surface area contributed by atoms with Crippen LogP contribution in [0.4, 0.5) is 0 Å². The summed E-state index contributed by atoms with van der Waals surface area (Å²) in [5.41, 5.74) is 2.66. The molecule has 8 heteroatoms. The summed E-state index contributed by atoms with van der Waals surface area (Å²) in [4.78, 5) is 23.6. The lowest BCUT2D eigenvalue weighted by Crippen LogP contribution is -2.39. The Morgan fingerprint density at radius 2 is 2.08 bits per heavy atom. The van der Waals surface area contributed by atoms with Gasteiger partial charge in [-0.2, -0.15) is 4.98 Å². The first kappa shape index (κ1) is 16.7. The maximum Gasteiger partial charge on any atom is 0.252 e. The van der Waals surface area contributed by atoms with Crippen LogP contribution in [0.2, 0.25) is 0 Å². The zero-order valence-electron chi connectivity index (χ0n) is 15.3. The predicted molar refractivity (Wildman–Crippen MR) is 93.5 cm³/mol. The van der Waals surface area contributed by atoms with Crippen molar-refractivity contribution in [1.29, 1.82) is 0 Å². The smallest absolute Gasteiger partial charge is 0.252 e. The van der Waals surface area contributed by atoms with Gasteiger partial charge in [-0.3, -0.25) is 4.79 Å². The van der Waals surface area contributed by atoms with Crippen LogP contribution in [0.3, 0.4) is 0 Å². The van der Waals surface area contributed by atoms with Crippen molar-refractivity contribution in [3.05, 3.63) is 40.8 Å². The van der Waals surface area contributed by atoms with Crippen molar-refractivity contribution in [3.8, 4) is 0 Å². The maximum absolute atomic E-state index is 12.9. The Kier molecular flexibility index (Phi) is 4.18. The van der Waals surface area contributed by atoms with E-state index in [9.17, 15) is 4.79 Å². The Bertz CT molecular complexity index is 960. The number of carbonyl (C=O) groups is 1. The third-order valence-electron chi connectivity index (χ3n) is 4.78. The first-order valence-electron chi connectivity index (χ1n) is 8.94. The van der Waals surface area contributed by atoms with Gasteiger partial charge in [-0.05, 0) is 46.1 Å². The molecule has 1 aliphatic heterocycles. The van der Waals surface area contributed by atoms with Gasteiger partial charge < -0.3 is 9.42 Å². The largest absolute Gasteiger partial charge is 0.361 e. The minimum atomic E-state index is -0.0344. The van der Waals surface area contributed by atoms with E-state index < -0.39 is 0 Å². The summed E-state index contributed by atoms with van der Waals surface area (Å²) in [6, 6.07) is 3.82. The second kappa shape index (κ2) is 6.51. The van der Waals surface area contributed by atoms with E-state index in [0.29, 0.717) is 11.6 Å². The van der Waals surface area contributed by atoms with Crippen LogP contribution in [0.5, 0.6) is 0 Å². The zero-order chi connectivity index (χ0) is 18.3. The number of nitrogens with zero attached hydrogens (tertiary/aromatic N) is 6. The van der Waals surface area contributed by atoms with Crippen LogP contribution in [0.15, 0.2) is 16.7 Å². The number of carbonyl (C=O) groups excluding carboxylic acids is 1. The molecule has 4 heterocycles. The fraction of sp³-hybridized carbons (Fsp3) is 0.500. The van der Waals surface area contributed by atoms with E-state index in [1.54, 1.807) is 4.52 Å². The molecule has 0 radical (unpaired) electrons. The molecule has 26 heavy (non-hydrogen) atoms. The van der Waals surface area contributed by atoms with E-state index in [2.05, 4.69) is 20.2 Å². The topological polar surface area (TPSA) is 89.4 Å². The monoisotopic (exact) mass is 354 g/mol. The minimum absolute atomic E-state index is 0.0145. The quantitative estimate of drug-likeness (QED) is 0.717. The molecule has 1 aliphatic rings. The van der Waals surface area contributed by atoms with Gasteiger partial charge in [-0.1, -0.05) is 5.16 Å². The van der Waals surface area contributed by atoms with Gasteiger partial charge in [-0.25, -0.2) is 9.50 Å². The van der Waals surface area contributed by atoms with Crippen molar-refractivity contribution >= 4 is 11.7 Å². The molecule has 0 bridgehead atoms. The summed E-state index contributed by atoms with van der Waals surface area (Å²) in [7, 11) is 0. The molecule has 8 nitrogen and oxygen atoms in total. The summed E-state index contributed by atoms with van der Waals surface area (Å²) in [5, 5.41) is 8.57. The molecule has 0 unspecified atom stereocenters. The number of likely N-dealkylation sites (tertiary alicyclic amines) is 1. The zero-order valence-corrected chi connectivity index (χ0v) is 15.3. The molecular formula is C18H22N6O2. The normalized spacial score (nSPS) is 17.8. The molecular weight excluding hydrogens is 332 g/mol. The van der Waals surface area contributed by atoms with Gasteiger partial charge in [0.15, 0.2) is 5.82 Å². The molecule has 1 fully saturated rings. The lowest BCUT2D eigenvalue weighted by Gasteiger charge is -2.34. The number of hydrogen-bond donors (Lipinski definition) is 0. The van der Waals surface area contributed by atoms with E-state index in [4.69, 9.17) is 4.52 Å². The van der Waals surface area contributed by atoms with E-state index in [1.807, 2.05) is 37.8 Å². The van der Waals surface area contributed by atoms with Crippen molar-refractivity contribution in [2.75, 3.05) is 6.54 Å². The summed E-state index contributed by atoms with van der Waals surface area (Å²) < 4.78 is 6.89. The highest BCUT2D eigenvalue weighted by Crippen LogP contribution is 2.31. The van der Waals surface area contributed by atoms with Crippen LogP contribution in [0, 0.1) is 20.8 Å². The second-order valence-corrected chi connectivity index (χ2v) is 6.92. The van der Waals surface area contributed by atoms with Gasteiger partial charge in [0.25, 0.3) is 5.78 Å². The third kappa shape index (κ3) is 3.07. The Hall–Kier alpha value is -2.77. The highest BCUT2D eigenvalue weighted by Gasteiger charge is 2.30. The van der Waals surface area contributed by atoms with Crippen LogP contribution in [0.25, 0.3) is 5.78 Å². The Balaban J connectivity index is 1.57. The van der Waals surface area contributed by atoms with E-state index >= 15 is 0 Å². The molecule has 0 N–H and O–H groups in total. The summed E-state index contributed by atoms with van der Waals surface area (Å²) in [6.07, 6.45) is 3.14. The van der Waals surface area contributed by atoms with Crippen molar-refractivity contribution in [1.82, 2.24) is 29.6 Å². The number of fused-ring (bicyclic) bond motifs is 1. The first-order valence-corrected chi connectivity index (χ1v) is 8.94. The molecule has 3 aromatic heterocycles. The average molecular weight is 354 g/mol. The summed E-state index contributed by atoms with van der Waals surface area (Å²) in [6.45, 7) is 6.46. The maximum atomic E-state index is 12.9. The predicted octanol–water partition coefficient (Wildman–Crippen LogP) is 2.33. The van der Waals surface area contributed by atoms with Crippen molar-refractivity contribution in [2.24, 2.45) is 0 Å². The number of amides is 1. The molecule has 0 saturated carbocycles. The second-order valence-electron chi connectivity index (χ2n) is 6.92. The van der Waals surface area contributed by atoms with Gasteiger partial charge >= 0.3 is 0 Å². The van der Waals surface area contributed by atoms with Gasteiger partial charge in [0, 0.05) is 24.0 Å².